The Kier molecular flexibility index (Phi) is 4.04. The lowest BCUT2D eigenvalue weighted by molar-refractivity contribution is 0.102. The number of phenolic OH excluding ortho intramolecular Hbond substituents is 2. The van der Waals surface area contributed by atoms with Crippen molar-refractivity contribution < 1.29 is 19.4 Å². The van der Waals surface area contributed by atoms with Crippen LogP contribution < -0.4 is 11.1 Å². The van der Waals surface area contributed by atoms with Gasteiger partial charge in [-0.2, -0.15) is 0 Å². The van der Waals surface area contributed by atoms with Gasteiger partial charge in [-0.1, -0.05) is 18.3 Å². The molecule has 0 aliphatic heterocycles. The Balaban J connectivity index is 2.36. The van der Waals surface area contributed by atoms with Crippen LogP contribution in [0.4, 0.5) is 10.1 Å². The maximum absolute atomic E-state index is 13.7. The number of nitrogens with two attached hydrogens (primary N) is 1. The Hall–Kier alpha value is -2.67. The van der Waals surface area contributed by atoms with Gasteiger partial charge >= 0.3 is 0 Å². The predicted octanol–water partition coefficient (Wildman–Crippen LogP) is 2.12. The first-order valence-electron chi connectivity index (χ1n) is 5.82. The van der Waals surface area contributed by atoms with Gasteiger partial charge in [0.1, 0.15) is 22.3 Å². The lowest BCUT2D eigenvalue weighted by Crippen LogP contribution is -2.19. The number of benzene rings is 2. The molecule has 0 radical (unpaired) electrons. The Morgan fingerprint density at radius 2 is 1.95 bits per heavy atom. The maximum Gasteiger partial charge on any atom is 0.259 e. The normalized spacial score (nSPS) is 10.1. The van der Waals surface area contributed by atoms with E-state index >= 15 is 0 Å². The van der Waals surface area contributed by atoms with Gasteiger partial charge in [-0.15, -0.1) is 0 Å². The first kappa shape index (κ1) is 14.7. The standard InChI is InChI=1S/C14H11FN2O3S/c15-9-2-1-3-10(12(9)13(16)21)17-14(20)8-5-4-7(18)6-11(8)19/h1-6,18-19H,(H2,16,21)(H,17,20). The highest BCUT2D eigenvalue weighted by molar-refractivity contribution is 7.80. The highest BCUT2D eigenvalue weighted by Crippen LogP contribution is 2.25. The number of anilines is 1. The van der Waals surface area contributed by atoms with Crippen LogP contribution in [0.15, 0.2) is 36.4 Å². The van der Waals surface area contributed by atoms with Crippen molar-refractivity contribution in [3.63, 3.8) is 0 Å². The lowest BCUT2D eigenvalue weighted by Gasteiger charge is -2.11. The van der Waals surface area contributed by atoms with E-state index in [0.717, 1.165) is 6.07 Å². The average molecular weight is 306 g/mol. The van der Waals surface area contributed by atoms with Crippen LogP contribution in [0.3, 0.4) is 0 Å². The van der Waals surface area contributed by atoms with Gasteiger partial charge in [0.05, 0.1) is 16.8 Å². The van der Waals surface area contributed by atoms with Gasteiger partial charge in [0.25, 0.3) is 5.91 Å². The van der Waals surface area contributed by atoms with Gasteiger partial charge in [0, 0.05) is 6.07 Å². The van der Waals surface area contributed by atoms with Gasteiger partial charge in [0.2, 0.25) is 0 Å². The largest absolute Gasteiger partial charge is 0.508 e. The first-order chi connectivity index (χ1) is 9.90. The molecule has 2 aromatic rings. The number of carbonyl (C=O) groups is 1. The van der Waals surface area contributed by atoms with Crippen LogP contribution >= 0.6 is 12.2 Å². The molecule has 5 nitrogen and oxygen atoms in total. The molecule has 0 aliphatic carbocycles. The SMILES string of the molecule is NC(=S)c1c(F)cccc1NC(=O)c1ccc(O)cc1O. The summed E-state index contributed by atoms with van der Waals surface area (Å²) in [7, 11) is 0. The van der Waals surface area contributed by atoms with E-state index in [4.69, 9.17) is 18.0 Å². The van der Waals surface area contributed by atoms with Crippen LogP contribution in [-0.4, -0.2) is 21.1 Å². The van der Waals surface area contributed by atoms with Gasteiger partial charge in [-0.25, -0.2) is 4.39 Å². The van der Waals surface area contributed by atoms with Crippen LogP contribution in [0, 0.1) is 5.82 Å². The van der Waals surface area contributed by atoms with E-state index < -0.39 is 17.5 Å². The monoisotopic (exact) mass is 306 g/mol. The van der Waals surface area contributed by atoms with Crippen LogP contribution in [0.5, 0.6) is 11.5 Å². The Morgan fingerprint density at radius 3 is 2.57 bits per heavy atom. The molecule has 0 saturated carbocycles. The lowest BCUT2D eigenvalue weighted by atomic mass is 10.1. The van der Waals surface area contributed by atoms with Crippen LogP contribution in [0.1, 0.15) is 15.9 Å². The number of nitrogens with one attached hydrogen (secondary N) is 1. The fourth-order valence-corrected chi connectivity index (χ4v) is 1.99. The predicted molar refractivity (Wildman–Crippen MR) is 80.0 cm³/mol. The summed E-state index contributed by atoms with van der Waals surface area (Å²) in [5, 5.41) is 21.2. The second-order valence-corrected chi connectivity index (χ2v) is 4.62. The molecule has 0 aliphatic rings. The minimum atomic E-state index is -0.685. The third kappa shape index (κ3) is 3.09. The molecule has 21 heavy (non-hydrogen) atoms. The number of rotatable bonds is 3. The van der Waals surface area contributed by atoms with E-state index in [1.165, 1.54) is 30.3 Å². The molecule has 0 spiro atoms. The Bertz CT molecular complexity index is 734. The number of halogens is 1. The van der Waals surface area contributed by atoms with Crippen molar-refractivity contribution in [3.05, 3.63) is 53.3 Å². The summed E-state index contributed by atoms with van der Waals surface area (Å²) >= 11 is 4.75. The minimum absolute atomic E-state index is 0.0778. The summed E-state index contributed by atoms with van der Waals surface area (Å²) in [4.78, 5) is 11.9. The molecule has 7 heteroatoms. The van der Waals surface area contributed by atoms with Gasteiger partial charge in [-0.3, -0.25) is 4.79 Å². The van der Waals surface area contributed by atoms with Crippen molar-refractivity contribution in [1.82, 2.24) is 0 Å². The third-order valence-electron chi connectivity index (χ3n) is 2.73. The summed E-state index contributed by atoms with van der Waals surface area (Å²) in [6.07, 6.45) is 0. The number of hydrogen-bond donors (Lipinski definition) is 4. The number of aromatic hydroxyl groups is 2. The fraction of sp³-hybridized carbons (Fsp3) is 0. The van der Waals surface area contributed by atoms with Crippen molar-refractivity contribution in [2.24, 2.45) is 5.73 Å². The molecule has 108 valence electrons. The van der Waals surface area contributed by atoms with Crippen molar-refractivity contribution in [2.75, 3.05) is 5.32 Å². The fourth-order valence-electron chi connectivity index (χ4n) is 1.78. The zero-order chi connectivity index (χ0) is 15.6. The highest BCUT2D eigenvalue weighted by Gasteiger charge is 2.16. The van der Waals surface area contributed by atoms with E-state index in [1.54, 1.807) is 0 Å². The van der Waals surface area contributed by atoms with E-state index in [-0.39, 0.29) is 27.6 Å². The zero-order valence-corrected chi connectivity index (χ0v) is 11.4. The minimum Gasteiger partial charge on any atom is -0.508 e. The van der Waals surface area contributed by atoms with Crippen LogP contribution in [0.25, 0.3) is 0 Å². The van der Waals surface area contributed by atoms with E-state index in [1.807, 2.05) is 0 Å². The number of thiocarbonyl (C=S) groups is 1. The second kappa shape index (κ2) is 5.76. The third-order valence-corrected chi connectivity index (χ3v) is 2.94. The van der Waals surface area contributed by atoms with E-state index in [0.29, 0.717) is 0 Å². The van der Waals surface area contributed by atoms with E-state index in [9.17, 15) is 19.4 Å². The highest BCUT2D eigenvalue weighted by atomic mass is 32.1. The van der Waals surface area contributed by atoms with Gasteiger partial charge in [-0.05, 0) is 24.3 Å². The summed E-state index contributed by atoms with van der Waals surface area (Å²) < 4.78 is 13.7. The summed E-state index contributed by atoms with van der Waals surface area (Å²) in [5.41, 5.74) is 5.37. The summed E-state index contributed by atoms with van der Waals surface area (Å²) in [6.45, 7) is 0. The summed E-state index contributed by atoms with van der Waals surface area (Å²) in [6, 6.07) is 7.50. The number of hydrogen-bond acceptors (Lipinski definition) is 4. The maximum atomic E-state index is 13.7. The average Bonchev–Trinajstić information content (AvgIpc) is 2.37. The van der Waals surface area contributed by atoms with Crippen LogP contribution in [0.2, 0.25) is 0 Å². The number of phenols is 2. The molecular formula is C14H11FN2O3S. The first-order valence-corrected chi connectivity index (χ1v) is 6.22. The van der Waals surface area contributed by atoms with Crippen molar-refractivity contribution >= 4 is 28.8 Å². The topological polar surface area (TPSA) is 95.6 Å². The molecule has 0 bridgehead atoms. The quantitative estimate of drug-likeness (QED) is 0.652. The molecular weight excluding hydrogens is 295 g/mol. The smallest absolute Gasteiger partial charge is 0.259 e. The molecule has 0 atom stereocenters. The Morgan fingerprint density at radius 1 is 1.24 bits per heavy atom. The zero-order valence-electron chi connectivity index (χ0n) is 10.6. The molecule has 0 heterocycles. The molecule has 0 fully saturated rings. The Labute approximate surface area is 124 Å². The molecule has 5 N–H and O–H groups in total. The molecule has 2 aromatic carbocycles. The van der Waals surface area contributed by atoms with Gasteiger partial charge < -0.3 is 21.3 Å². The summed E-state index contributed by atoms with van der Waals surface area (Å²) in [5.74, 6) is -1.93. The molecule has 0 aromatic heterocycles. The van der Waals surface area contributed by atoms with E-state index in [2.05, 4.69) is 5.32 Å². The number of amides is 1. The molecule has 1 amide bonds. The number of carbonyl (C=O) groups excluding carboxylic acids is 1. The van der Waals surface area contributed by atoms with Crippen molar-refractivity contribution in [1.29, 1.82) is 0 Å². The van der Waals surface area contributed by atoms with Crippen LogP contribution in [-0.2, 0) is 0 Å². The van der Waals surface area contributed by atoms with Crippen molar-refractivity contribution in [3.8, 4) is 11.5 Å². The van der Waals surface area contributed by atoms with Crippen molar-refractivity contribution in [2.45, 2.75) is 0 Å². The molecule has 2 rings (SSSR count). The van der Waals surface area contributed by atoms with Gasteiger partial charge in [0.15, 0.2) is 0 Å². The second-order valence-electron chi connectivity index (χ2n) is 4.18. The molecule has 0 unspecified atom stereocenters. The molecule has 0 saturated heterocycles.